The molecule has 0 bridgehead atoms. The maximum atomic E-state index is 6.42. The van der Waals surface area contributed by atoms with Crippen LogP contribution in [0.5, 0.6) is 11.5 Å². The van der Waals surface area contributed by atoms with E-state index in [9.17, 15) is 0 Å². The van der Waals surface area contributed by atoms with Crippen LogP contribution in [0.25, 0.3) is 0 Å². The lowest BCUT2D eigenvalue weighted by molar-refractivity contribution is 0.225. The van der Waals surface area contributed by atoms with Crippen molar-refractivity contribution in [1.29, 1.82) is 0 Å². The number of benzene rings is 2. The number of hydrogen-bond donors (Lipinski definition) is 0. The van der Waals surface area contributed by atoms with Crippen LogP contribution in [0, 0.1) is 13.8 Å². The molecule has 1 fully saturated rings. The molecule has 0 saturated carbocycles. The lowest BCUT2D eigenvalue weighted by Gasteiger charge is -2.42. The Hall–Kier alpha value is -2.00. The van der Waals surface area contributed by atoms with Gasteiger partial charge in [-0.2, -0.15) is 0 Å². The van der Waals surface area contributed by atoms with Crippen molar-refractivity contribution in [3.8, 4) is 11.5 Å². The molecule has 24 heavy (non-hydrogen) atoms. The summed E-state index contributed by atoms with van der Waals surface area (Å²) in [5.74, 6) is 2.04. The predicted octanol–water partition coefficient (Wildman–Crippen LogP) is 4.68. The molecule has 1 saturated heterocycles. The molecule has 4 rings (SSSR count). The summed E-state index contributed by atoms with van der Waals surface area (Å²) in [4.78, 5) is 4.93. The summed E-state index contributed by atoms with van der Waals surface area (Å²) >= 11 is 0. The maximum Gasteiger partial charge on any atom is 0.150 e. The Labute approximate surface area is 144 Å². The van der Waals surface area contributed by atoms with Gasteiger partial charge in [-0.15, -0.1) is 0 Å². The van der Waals surface area contributed by atoms with Crippen LogP contribution in [-0.2, 0) is 0 Å². The second-order valence-corrected chi connectivity index (χ2v) is 7.42. The first-order valence-corrected chi connectivity index (χ1v) is 8.85. The Morgan fingerprint density at radius 1 is 1.12 bits per heavy atom. The zero-order chi connectivity index (χ0) is 16.8. The van der Waals surface area contributed by atoms with Crippen molar-refractivity contribution in [2.45, 2.75) is 38.8 Å². The van der Waals surface area contributed by atoms with E-state index in [4.69, 9.17) is 4.74 Å². The molecule has 0 spiro atoms. The molecule has 2 aliphatic rings. The van der Waals surface area contributed by atoms with Crippen LogP contribution in [0.15, 0.2) is 36.4 Å². The van der Waals surface area contributed by atoms with E-state index in [1.807, 2.05) is 0 Å². The SMILES string of the molecule is Cc1ccc2c(c1)N1CCC(N(C)C)CC1c1cccc(C)c1O2. The molecule has 0 N–H and O–H groups in total. The Morgan fingerprint density at radius 3 is 2.75 bits per heavy atom. The number of aryl methyl sites for hydroxylation is 2. The second-order valence-electron chi connectivity index (χ2n) is 7.42. The van der Waals surface area contributed by atoms with E-state index in [1.54, 1.807) is 0 Å². The highest BCUT2D eigenvalue weighted by Crippen LogP contribution is 2.48. The standard InChI is InChI=1S/C21H26N2O/c1-14-8-9-20-19(12-14)23-11-10-16(22(3)4)13-18(23)17-7-5-6-15(2)21(17)24-20/h5-9,12,16,18H,10-11,13H2,1-4H3. The summed E-state index contributed by atoms with van der Waals surface area (Å²) in [6.45, 7) is 5.38. The number of para-hydroxylation sites is 1. The van der Waals surface area contributed by atoms with E-state index in [0.717, 1.165) is 24.5 Å². The van der Waals surface area contributed by atoms with Gasteiger partial charge in [0.1, 0.15) is 5.75 Å². The summed E-state index contributed by atoms with van der Waals surface area (Å²) < 4.78 is 6.42. The lowest BCUT2D eigenvalue weighted by atomic mass is 9.89. The zero-order valence-corrected chi connectivity index (χ0v) is 15.0. The van der Waals surface area contributed by atoms with Gasteiger partial charge in [0, 0.05) is 18.2 Å². The first-order chi connectivity index (χ1) is 11.5. The smallest absolute Gasteiger partial charge is 0.150 e. The van der Waals surface area contributed by atoms with E-state index in [2.05, 4.69) is 74.1 Å². The van der Waals surface area contributed by atoms with Crippen LogP contribution >= 0.6 is 0 Å². The highest BCUT2D eigenvalue weighted by atomic mass is 16.5. The maximum absolute atomic E-state index is 6.42. The fourth-order valence-electron chi connectivity index (χ4n) is 4.12. The van der Waals surface area contributed by atoms with E-state index in [1.165, 1.54) is 28.8 Å². The Balaban J connectivity index is 1.88. The number of fused-ring (bicyclic) bond motifs is 5. The minimum Gasteiger partial charge on any atom is -0.455 e. The predicted molar refractivity (Wildman–Crippen MR) is 99.2 cm³/mol. The van der Waals surface area contributed by atoms with Crippen molar-refractivity contribution in [3.63, 3.8) is 0 Å². The fourth-order valence-corrected chi connectivity index (χ4v) is 4.12. The molecule has 3 nitrogen and oxygen atoms in total. The molecule has 2 unspecified atom stereocenters. The monoisotopic (exact) mass is 322 g/mol. The molecule has 2 aromatic carbocycles. The molecule has 2 aliphatic heterocycles. The molecule has 0 amide bonds. The minimum absolute atomic E-state index is 0.379. The van der Waals surface area contributed by atoms with Gasteiger partial charge in [0.25, 0.3) is 0 Å². The second kappa shape index (κ2) is 5.82. The third kappa shape index (κ3) is 2.48. The largest absolute Gasteiger partial charge is 0.455 e. The average molecular weight is 322 g/mol. The van der Waals surface area contributed by atoms with Gasteiger partial charge >= 0.3 is 0 Å². The van der Waals surface area contributed by atoms with Crippen LogP contribution in [0.1, 0.15) is 35.6 Å². The number of piperidine rings is 1. The van der Waals surface area contributed by atoms with E-state index >= 15 is 0 Å². The quantitative estimate of drug-likeness (QED) is 0.758. The fraction of sp³-hybridized carbons (Fsp3) is 0.429. The Morgan fingerprint density at radius 2 is 1.96 bits per heavy atom. The molecular weight excluding hydrogens is 296 g/mol. The first-order valence-electron chi connectivity index (χ1n) is 8.85. The minimum atomic E-state index is 0.379. The van der Waals surface area contributed by atoms with Crippen LogP contribution in [-0.4, -0.2) is 31.6 Å². The van der Waals surface area contributed by atoms with E-state index in [0.29, 0.717) is 12.1 Å². The van der Waals surface area contributed by atoms with Gasteiger partial charge in [0.05, 0.1) is 11.7 Å². The van der Waals surface area contributed by atoms with Gasteiger partial charge in [0.2, 0.25) is 0 Å². The zero-order valence-electron chi connectivity index (χ0n) is 15.0. The van der Waals surface area contributed by atoms with E-state index < -0.39 is 0 Å². The van der Waals surface area contributed by atoms with Gasteiger partial charge in [0.15, 0.2) is 5.75 Å². The first kappa shape index (κ1) is 15.5. The highest BCUT2D eigenvalue weighted by molar-refractivity contribution is 5.66. The van der Waals surface area contributed by atoms with Crippen molar-refractivity contribution in [2.24, 2.45) is 0 Å². The molecule has 0 radical (unpaired) electrons. The molecule has 0 aromatic heterocycles. The van der Waals surface area contributed by atoms with Gasteiger partial charge in [-0.3, -0.25) is 0 Å². The molecule has 126 valence electrons. The van der Waals surface area contributed by atoms with Crippen LogP contribution in [0.4, 0.5) is 5.69 Å². The third-order valence-corrected chi connectivity index (χ3v) is 5.54. The Bertz CT molecular complexity index is 768. The number of nitrogens with zero attached hydrogens (tertiary/aromatic N) is 2. The van der Waals surface area contributed by atoms with Crippen molar-refractivity contribution in [3.05, 3.63) is 53.1 Å². The van der Waals surface area contributed by atoms with Crippen molar-refractivity contribution in [2.75, 3.05) is 25.5 Å². The number of rotatable bonds is 1. The van der Waals surface area contributed by atoms with Crippen molar-refractivity contribution < 1.29 is 4.74 Å². The number of ether oxygens (including phenoxy) is 1. The summed E-state index contributed by atoms with van der Waals surface area (Å²) in [5.41, 5.74) is 5.07. The number of anilines is 1. The summed E-state index contributed by atoms with van der Waals surface area (Å²) in [7, 11) is 4.39. The van der Waals surface area contributed by atoms with Gasteiger partial charge in [-0.25, -0.2) is 0 Å². The van der Waals surface area contributed by atoms with Gasteiger partial charge in [-0.05, 0) is 64.0 Å². The Kier molecular flexibility index (Phi) is 3.76. The summed E-state index contributed by atoms with van der Waals surface area (Å²) in [6.07, 6.45) is 2.33. The van der Waals surface area contributed by atoms with Crippen LogP contribution < -0.4 is 9.64 Å². The van der Waals surface area contributed by atoms with Gasteiger partial charge in [-0.1, -0.05) is 24.3 Å². The molecule has 2 atom stereocenters. The highest BCUT2D eigenvalue weighted by Gasteiger charge is 2.36. The van der Waals surface area contributed by atoms with Gasteiger partial charge < -0.3 is 14.5 Å². The normalized spacial score (nSPS) is 22.3. The van der Waals surface area contributed by atoms with Crippen LogP contribution in [0.3, 0.4) is 0 Å². The lowest BCUT2D eigenvalue weighted by Crippen LogP contribution is -2.43. The van der Waals surface area contributed by atoms with Crippen molar-refractivity contribution in [1.82, 2.24) is 4.90 Å². The summed E-state index contributed by atoms with van der Waals surface area (Å²) in [6, 6.07) is 14.1. The topological polar surface area (TPSA) is 15.7 Å². The molecular formula is C21H26N2O. The van der Waals surface area contributed by atoms with Crippen molar-refractivity contribution >= 4 is 5.69 Å². The molecule has 3 heteroatoms. The number of hydrogen-bond acceptors (Lipinski definition) is 3. The van der Waals surface area contributed by atoms with E-state index in [-0.39, 0.29) is 0 Å². The summed E-state index contributed by atoms with van der Waals surface area (Å²) in [5, 5.41) is 0. The average Bonchev–Trinajstić information content (AvgIpc) is 2.70. The third-order valence-electron chi connectivity index (χ3n) is 5.54. The molecule has 2 heterocycles. The van der Waals surface area contributed by atoms with Crippen LogP contribution in [0.2, 0.25) is 0 Å². The molecule has 2 aromatic rings. The molecule has 0 aliphatic carbocycles.